The Hall–Kier alpha value is -2.48. The Balaban J connectivity index is 2.17. The van der Waals surface area contributed by atoms with Crippen molar-refractivity contribution in [2.24, 2.45) is 0 Å². The molecule has 1 N–H and O–H groups in total. The van der Waals surface area contributed by atoms with Gasteiger partial charge in [0.15, 0.2) is 0 Å². The topological polar surface area (TPSA) is 54.5 Å². The molecule has 0 unspecified atom stereocenters. The van der Waals surface area contributed by atoms with Gasteiger partial charge in [0.05, 0.1) is 12.6 Å². The summed E-state index contributed by atoms with van der Waals surface area (Å²) in [7, 11) is 3.23. The van der Waals surface area contributed by atoms with E-state index in [1.807, 2.05) is 45.2 Å². The molecule has 2 heterocycles. The van der Waals surface area contributed by atoms with E-state index >= 15 is 0 Å². The van der Waals surface area contributed by atoms with Gasteiger partial charge in [0.25, 0.3) is 0 Å². The number of allylic oxidation sites excluding steroid dienone is 1. The third kappa shape index (κ3) is 3.22. The van der Waals surface area contributed by atoms with Crippen LogP contribution in [0.25, 0.3) is 0 Å². The smallest absolute Gasteiger partial charge is 0.410 e. The van der Waals surface area contributed by atoms with Crippen molar-refractivity contribution < 1.29 is 9.53 Å². The summed E-state index contributed by atoms with van der Waals surface area (Å²) in [5.74, 6) is 6.87. The number of methoxy groups -OCH3 is 1. The van der Waals surface area contributed by atoms with Gasteiger partial charge >= 0.3 is 6.09 Å². The molecule has 1 saturated heterocycles. The fourth-order valence-corrected chi connectivity index (χ4v) is 2.51. The van der Waals surface area contributed by atoms with Gasteiger partial charge in [-0.3, -0.25) is 4.90 Å². The fourth-order valence-electron chi connectivity index (χ4n) is 2.51. The van der Waals surface area contributed by atoms with Crippen LogP contribution in [0.1, 0.15) is 26.0 Å². The number of carbonyl (C=O) groups is 1. The third-order valence-corrected chi connectivity index (χ3v) is 3.91. The summed E-state index contributed by atoms with van der Waals surface area (Å²) in [6.07, 6.45) is 2.39. The summed E-state index contributed by atoms with van der Waals surface area (Å²) < 4.78 is 4.82. The third-order valence-electron chi connectivity index (χ3n) is 3.91. The lowest BCUT2D eigenvalue weighted by atomic mass is 9.95. The van der Waals surface area contributed by atoms with E-state index in [1.54, 1.807) is 4.90 Å². The SMILES string of the molecule is CNc1cccc(C#C/C=C2\CCN(C(=O)OC)C2(C)C)n1. The van der Waals surface area contributed by atoms with Crippen molar-refractivity contribution >= 4 is 11.9 Å². The Kier molecular flexibility index (Phi) is 4.71. The van der Waals surface area contributed by atoms with E-state index < -0.39 is 0 Å². The van der Waals surface area contributed by atoms with Gasteiger partial charge in [0, 0.05) is 13.6 Å². The predicted molar refractivity (Wildman–Crippen MR) is 86.6 cm³/mol. The molecule has 0 atom stereocenters. The lowest BCUT2D eigenvalue weighted by Crippen LogP contribution is -2.43. The molecular weight excluding hydrogens is 278 g/mol. The summed E-state index contributed by atoms with van der Waals surface area (Å²) in [6, 6.07) is 5.67. The standard InChI is InChI=1S/C17H21N3O2/c1-17(2)13(11-12-20(17)16(21)22-4)7-5-8-14-9-6-10-15(18-3)19-14/h6-7,9-10H,11-12H2,1-4H3,(H,18,19)/b13-7+. The second-order valence-electron chi connectivity index (χ2n) is 5.53. The summed E-state index contributed by atoms with van der Waals surface area (Å²) in [6.45, 7) is 4.66. The van der Waals surface area contributed by atoms with E-state index in [0.29, 0.717) is 12.2 Å². The maximum absolute atomic E-state index is 11.8. The van der Waals surface area contributed by atoms with E-state index in [9.17, 15) is 4.79 Å². The van der Waals surface area contributed by atoms with E-state index in [4.69, 9.17) is 4.74 Å². The van der Waals surface area contributed by atoms with Crippen molar-refractivity contribution in [3.05, 3.63) is 35.5 Å². The molecule has 0 saturated carbocycles. The van der Waals surface area contributed by atoms with Gasteiger partial charge < -0.3 is 10.1 Å². The normalized spacial score (nSPS) is 17.8. The van der Waals surface area contributed by atoms with Crippen LogP contribution in [0, 0.1) is 11.8 Å². The number of nitrogens with zero attached hydrogens (tertiary/aromatic N) is 2. The van der Waals surface area contributed by atoms with Crippen molar-refractivity contribution in [1.29, 1.82) is 0 Å². The minimum Gasteiger partial charge on any atom is -0.453 e. The highest BCUT2D eigenvalue weighted by molar-refractivity contribution is 5.70. The highest BCUT2D eigenvalue weighted by Gasteiger charge is 2.40. The number of rotatable bonds is 1. The second kappa shape index (κ2) is 6.52. The van der Waals surface area contributed by atoms with Crippen LogP contribution in [-0.2, 0) is 4.74 Å². The van der Waals surface area contributed by atoms with Gasteiger partial charge in [-0.2, -0.15) is 0 Å². The lowest BCUT2D eigenvalue weighted by molar-refractivity contribution is 0.105. The highest BCUT2D eigenvalue weighted by Crippen LogP contribution is 2.34. The molecule has 1 amide bonds. The number of anilines is 1. The Morgan fingerprint density at radius 1 is 1.50 bits per heavy atom. The highest BCUT2D eigenvalue weighted by atomic mass is 16.5. The Bertz CT molecular complexity index is 653. The zero-order valence-electron chi connectivity index (χ0n) is 13.4. The first-order valence-electron chi connectivity index (χ1n) is 7.20. The maximum Gasteiger partial charge on any atom is 0.410 e. The molecule has 0 radical (unpaired) electrons. The number of carbonyl (C=O) groups excluding carboxylic acids is 1. The molecule has 5 nitrogen and oxygen atoms in total. The Morgan fingerprint density at radius 2 is 2.27 bits per heavy atom. The van der Waals surface area contributed by atoms with Crippen LogP contribution in [0.5, 0.6) is 0 Å². The number of hydrogen-bond acceptors (Lipinski definition) is 4. The molecule has 116 valence electrons. The van der Waals surface area contributed by atoms with Crippen molar-refractivity contribution in [3.63, 3.8) is 0 Å². The van der Waals surface area contributed by atoms with Gasteiger partial charge in [-0.25, -0.2) is 9.78 Å². The van der Waals surface area contributed by atoms with Gasteiger partial charge in [-0.1, -0.05) is 12.0 Å². The van der Waals surface area contributed by atoms with Crippen LogP contribution in [0.15, 0.2) is 29.8 Å². The predicted octanol–water partition coefficient (Wildman–Crippen LogP) is 2.65. The maximum atomic E-state index is 11.8. The Morgan fingerprint density at radius 3 is 2.95 bits per heavy atom. The quantitative estimate of drug-likeness (QED) is 0.810. The average Bonchev–Trinajstić information content (AvgIpc) is 2.81. The number of nitrogens with one attached hydrogen (secondary N) is 1. The number of ether oxygens (including phenoxy) is 1. The molecule has 0 aromatic carbocycles. The van der Waals surface area contributed by atoms with E-state index in [2.05, 4.69) is 22.1 Å². The summed E-state index contributed by atoms with van der Waals surface area (Å²) in [5, 5.41) is 2.98. The molecule has 1 aliphatic rings. The molecule has 0 aliphatic carbocycles. The number of pyridine rings is 1. The average molecular weight is 299 g/mol. The van der Waals surface area contributed by atoms with Crippen molar-refractivity contribution in [2.75, 3.05) is 26.0 Å². The van der Waals surface area contributed by atoms with Crippen molar-refractivity contribution in [3.8, 4) is 11.8 Å². The van der Waals surface area contributed by atoms with Crippen LogP contribution in [0.2, 0.25) is 0 Å². The van der Waals surface area contributed by atoms with E-state index in [1.165, 1.54) is 7.11 Å². The zero-order valence-corrected chi connectivity index (χ0v) is 13.4. The van der Waals surface area contributed by atoms with Crippen LogP contribution < -0.4 is 5.32 Å². The van der Waals surface area contributed by atoms with Gasteiger partial charge in [-0.15, -0.1) is 0 Å². The largest absolute Gasteiger partial charge is 0.453 e. The monoisotopic (exact) mass is 299 g/mol. The second-order valence-corrected chi connectivity index (χ2v) is 5.53. The summed E-state index contributed by atoms with van der Waals surface area (Å²) in [4.78, 5) is 17.8. The molecular formula is C17H21N3O2. The molecule has 1 fully saturated rings. The van der Waals surface area contributed by atoms with Crippen LogP contribution in [0.3, 0.4) is 0 Å². The number of hydrogen-bond donors (Lipinski definition) is 1. The minimum atomic E-state index is -0.373. The summed E-state index contributed by atoms with van der Waals surface area (Å²) >= 11 is 0. The van der Waals surface area contributed by atoms with E-state index in [-0.39, 0.29) is 11.6 Å². The van der Waals surface area contributed by atoms with Gasteiger partial charge in [0.2, 0.25) is 0 Å². The molecule has 5 heteroatoms. The first-order chi connectivity index (χ1) is 10.5. The number of amides is 1. The fraction of sp³-hybridized carbons (Fsp3) is 0.412. The van der Waals surface area contributed by atoms with Crippen molar-refractivity contribution in [1.82, 2.24) is 9.88 Å². The van der Waals surface area contributed by atoms with Crippen LogP contribution >= 0.6 is 0 Å². The molecule has 1 aromatic heterocycles. The van der Waals surface area contributed by atoms with E-state index in [0.717, 1.165) is 17.8 Å². The molecule has 22 heavy (non-hydrogen) atoms. The number of likely N-dealkylation sites (tertiary alicyclic amines) is 1. The Labute approximate surface area is 131 Å². The van der Waals surface area contributed by atoms with Crippen molar-refractivity contribution in [2.45, 2.75) is 25.8 Å². The van der Waals surface area contributed by atoms with Crippen LogP contribution in [-0.4, -0.2) is 42.2 Å². The number of aromatic nitrogens is 1. The minimum absolute atomic E-state index is 0.301. The van der Waals surface area contributed by atoms with Gasteiger partial charge in [0.1, 0.15) is 11.5 Å². The molecule has 0 spiro atoms. The first kappa shape index (κ1) is 15.9. The molecule has 1 aromatic rings. The lowest BCUT2D eigenvalue weighted by Gasteiger charge is -2.31. The first-order valence-corrected chi connectivity index (χ1v) is 7.20. The zero-order chi connectivity index (χ0) is 16.2. The molecule has 2 rings (SSSR count). The molecule has 0 bridgehead atoms. The van der Waals surface area contributed by atoms with Gasteiger partial charge in [-0.05, 0) is 50.0 Å². The molecule has 1 aliphatic heterocycles. The summed E-state index contributed by atoms with van der Waals surface area (Å²) in [5.41, 5.74) is 1.46. The van der Waals surface area contributed by atoms with Crippen LogP contribution in [0.4, 0.5) is 10.6 Å².